The monoisotopic (exact) mass is 380 g/mol. The van der Waals surface area contributed by atoms with E-state index < -0.39 is 17.2 Å². The molecule has 0 bridgehead atoms. The molecule has 0 unspecified atom stereocenters. The first kappa shape index (κ1) is 19.6. The van der Waals surface area contributed by atoms with Crippen molar-refractivity contribution in [2.45, 2.75) is 24.3 Å². The van der Waals surface area contributed by atoms with Gasteiger partial charge < -0.3 is 19.6 Å². The van der Waals surface area contributed by atoms with E-state index >= 15 is 0 Å². The van der Waals surface area contributed by atoms with Crippen LogP contribution in [-0.2, 0) is 4.79 Å². The van der Waals surface area contributed by atoms with E-state index in [9.17, 15) is 9.59 Å². The number of carbonyl (C=O) groups excluding carboxylic acids is 2. The molecule has 3 amide bonds. The minimum atomic E-state index is -0.907. The Labute approximate surface area is 154 Å². The van der Waals surface area contributed by atoms with Gasteiger partial charge >= 0.3 is 6.03 Å². The number of ether oxygens (including phenoxy) is 2. The summed E-state index contributed by atoms with van der Waals surface area (Å²) in [5.74, 6) is 0.772. The van der Waals surface area contributed by atoms with Crippen LogP contribution in [0.1, 0.15) is 13.8 Å². The van der Waals surface area contributed by atoms with Crippen LogP contribution in [0.5, 0.6) is 11.5 Å². The zero-order valence-electron chi connectivity index (χ0n) is 14.8. The number of thioether (sulfide) groups is 1. The molecular weight excluding hydrogens is 360 g/mol. The fraction of sp³-hybridized carbons (Fsp3) is 0.375. The van der Waals surface area contributed by atoms with E-state index in [0.717, 1.165) is 11.8 Å². The number of methoxy groups -OCH3 is 2. The average molecular weight is 380 g/mol. The standard InChI is InChI=1S/C16H20N4O5S/c1-8(2)12(13(21)18-15(17)22)26-16-20-19-14(25-16)10-6-5-9(23-3)7-11(10)24-4/h5-8,12H,1-4H3,(H3,17,18,21,22)/t12-/m0/s1. The maximum absolute atomic E-state index is 12.1. The minimum absolute atomic E-state index is 0.0924. The smallest absolute Gasteiger partial charge is 0.318 e. The van der Waals surface area contributed by atoms with Crippen molar-refractivity contribution in [1.29, 1.82) is 0 Å². The largest absolute Gasteiger partial charge is 0.497 e. The van der Waals surface area contributed by atoms with Crippen LogP contribution in [-0.4, -0.2) is 41.6 Å². The third kappa shape index (κ3) is 4.66. The maximum atomic E-state index is 12.1. The van der Waals surface area contributed by atoms with Gasteiger partial charge in [-0.1, -0.05) is 25.6 Å². The van der Waals surface area contributed by atoms with Crippen molar-refractivity contribution < 1.29 is 23.5 Å². The number of hydrogen-bond donors (Lipinski definition) is 2. The SMILES string of the molecule is COc1ccc(-c2nnc(S[C@H](C(=O)NC(N)=O)C(C)C)o2)c(OC)c1. The van der Waals surface area contributed by atoms with Crippen LogP contribution in [0.4, 0.5) is 4.79 Å². The highest BCUT2D eigenvalue weighted by atomic mass is 32.2. The molecule has 0 radical (unpaired) electrons. The lowest BCUT2D eigenvalue weighted by Gasteiger charge is -2.16. The third-order valence-corrected chi connectivity index (χ3v) is 4.76. The summed E-state index contributed by atoms with van der Waals surface area (Å²) in [6, 6.07) is 4.27. The average Bonchev–Trinajstić information content (AvgIpc) is 3.06. The molecule has 1 atom stereocenters. The summed E-state index contributed by atoms with van der Waals surface area (Å²) in [5.41, 5.74) is 5.60. The summed E-state index contributed by atoms with van der Waals surface area (Å²) < 4.78 is 16.1. The molecule has 0 saturated carbocycles. The van der Waals surface area contributed by atoms with Gasteiger partial charge in [-0.15, -0.1) is 10.2 Å². The fourth-order valence-electron chi connectivity index (χ4n) is 2.13. The molecule has 0 fully saturated rings. The van der Waals surface area contributed by atoms with Crippen molar-refractivity contribution in [2.75, 3.05) is 14.2 Å². The molecular formula is C16H20N4O5S. The van der Waals surface area contributed by atoms with Crippen LogP contribution >= 0.6 is 11.8 Å². The molecule has 140 valence electrons. The highest BCUT2D eigenvalue weighted by Crippen LogP contribution is 2.35. The van der Waals surface area contributed by atoms with Gasteiger partial charge in [-0.05, 0) is 18.1 Å². The van der Waals surface area contributed by atoms with Crippen molar-refractivity contribution >= 4 is 23.7 Å². The van der Waals surface area contributed by atoms with Crippen LogP contribution in [0.25, 0.3) is 11.5 Å². The van der Waals surface area contributed by atoms with E-state index in [1.807, 2.05) is 13.8 Å². The molecule has 0 saturated heterocycles. The lowest BCUT2D eigenvalue weighted by atomic mass is 10.1. The van der Waals surface area contributed by atoms with Crippen molar-refractivity contribution in [2.24, 2.45) is 11.7 Å². The van der Waals surface area contributed by atoms with Gasteiger partial charge in [0.05, 0.1) is 25.0 Å². The first-order chi connectivity index (χ1) is 12.3. The van der Waals surface area contributed by atoms with E-state index in [0.29, 0.717) is 17.1 Å². The number of imide groups is 1. The van der Waals surface area contributed by atoms with Gasteiger partial charge in [-0.2, -0.15) is 0 Å². The zero-order chi connectivity index (χ0) is 19.3. The number of nitrogens with one attached hydrogen (secondary N) is 1. The topological polar surface area (TPSA) is 130 Å². The Morgan fingerprint density at radius 1 is 1.23 bits per heavy atom. The van der Waals surface area contributed by atoms with Gasteiger partial charge in [-0.25, -0.2) is 4.79 Å². The van der Waals surface area contributed by atoms with Crippen LogP contribution < -0.4 is 20.5 Å². The predicted octanol–water partition coefficient (Wildman–Crippen LogP) is 2.07. The van der Waals surface area contributed by atoms with E-state index in [1.165, 1.54) is 7.11 Å². The van der Waals surface area contributed by atoms with Gasteiger partial charge in [0.2, 0.25) is 5.91 Å². The van der Waals surface area contributed by atoms with Crippen molar-refractivity contribution in [1.82, 2.24) is 15.5 Å². The molecule has 2 rings (SSSR count). The molecule has 2 aromatic rings. The number of hydrogen-bond acceptors (Lipinski definition) is 8. The summed E-state index contributed by atoms with van der Waals surface area (Å²) in [5, 5.41) is 9.60. The Morgan fingerprint density at radius 2 is 1.96 bits per heavy atom. The molecule has 1 heterocycles. The zero-order valence-corrected chi connectivity index (χ0v) is 15.6. The molecule has 0 aliphatic rings. The second kappa shape index (κ2) is 8.56. The Kier molecular flexibility index (Phi) is 6.45. The third-order valence-electron chi connectivity index (χ3n) is 3.38. The van der Waals surface area contributed by atoms with Gasteiger partial charge in [0.15, 0.2) is 0 Å². The summed E-state index contributed by atoms with van der Waals surface area (Å²) in [6.07, 6.45) is 0. The summed E-state index contributed by atoms with van der Waals surface area (Å²) in [6.45, 7) is 3.67. The number of aromatic nitrogens is 2. The summed E-state index contributed by atoms with van der Waals surface area (Å²) in [4.78, 5) is 23.0. The number of primary amides is 1. The molecule has 3 N–H and O–H groups in total. The highest BCUT2D eigenvalue weighted by Gasteiger charge is 2.27. The van der Waals surface area contributed by atoms with E-state index in [2.05, 4.69) is 15.5 Å². The van der Waals surface area contributed by atoms with Gasteiger partial charge in [0.25, 0.3) is 11.1 Å². The normalized spacial score (nSPS) is 11.9. The molecule has 0 spiro atoms. The van der Waals surface area contributed by atoms with Crippen LogP contribution in [0.2, 0.25) is 0 Å². The molecule has 0 aliphatic carbocycles. The van der Waals surface area contributed by atoms with Crippen molar-refractivity contribution in [3.05, 3.63) is 18.2 Å². The number of urea groups is 1. The van der Waals surface area contributed by atoms with Crippen molar-refractivity contribution in [3.8, 4) is 23.0 Å². The first-order valence-corrected chi connectivity index (χ1v) is 8.56. The Hall–Kier alpha value is -2.75. The molecule has 9 nitrogen and oxygen atoms in total. The number of amides is 3. The van der Waals surface area contributed by atoms with Crippen molar-refractivity contribution in [3.63, 3.8) is 0 Å². The molecule has 0 aliphatic heterocycles. The summed E-state index contributed by atoms with van der Waals surface area (Å²) >= 11 is 1.06. The fourth-order valence-corrected chi connectivity index (χ4v) is 3.01. The molecule has 10 heteroatoms. The quantitative estimate of drug-likeness (QED) is 0.698. The summed E-state index contributed by atoms with van der Waals surface area (Å²) in [7, 11) is 3.08. The van der Waals surface area contributed by atoms with Gasteiger partial charge in [0.1, 0.15) is 11.5 Å². The van der Waals surface area contributed by atoms with Gasteiger partial charge in [-0.3, -0.25) is 10.1 Å². The van der Waals surface area contributed by atoms with E-state index in [1.54, 1.807) is 25.3 Å². The van der Waals surface area contributed by atoms with E-state index in [-0.39, 0.29) is 17.0 Å². The Balaban J connectivity index is 2.23. The molecule has 1 aromatic heterocycles. The van der Waals surface area contributed by atoms with Gasteiger partial charge in [0, 0.05) is 6.07 Å². The lowest BCUT2D eigenvalue weighted by Crippen LogP contribution is -2.42. The second-order valence-corrected chi connectivity index (χ2v) is 6.67. The second-order valence-electron chi connectivity index (χ2n) is 5.58. The number of benzene rings is 1. The van der Waals surface area contributed by atoms with E-state index in [4.69, 9.17) is 19.6 Å². The molecule has 1 aromatic carbocycles. The molecule has 26 heavy (non-hydrogen) atoms. The Bertz CT molecular complexity index is 793. The number of rotatable bonds is 7. The Morgan fingerprint density at radius 3 is 2.54 bits per heavy atom. The maximum Gasteiger partial charge on any atom is 0.318 e. The number of carbonyl (C=O) groups is 2. The predicted molar refractivity (Wildman–Crippen MR) is 95.0 cm³/mol. The first-order valence-electron chi connectivity index (χ1n) is 7.68. The van der Waals surface area contributed by atoms with Crippen LogP contribution in [0.3, 0.4) is 0 Å². The lowest BCUT2D eigenvalue weighted by molar-refractivity contribution is -0.120. The highest BCUT2D eigenvalue weighted by molar-refractivity contribution is 8.00. The van der Waals surface area contributed by atoms with Crippen LogP contribution in [0.15, 0.2) is 27.8 Å². The number of nitrogens with zero attached hydrogens (tertiary/aromatic N) is 2. The number of nitrogens with two attached hydrogens (primary N) is 1. The minimum Gasteiger partial charge on any atom is -0.497 e. The van der Waals surface area contributed by atoms with Crippen LogP contribution in [0, 0.1) is 5.92 Å².